The molecule has 3 rings (SSSR count). The summed E-state index contributed by atoms with van der Waals surface area (Å²) in [6.07, 6.45) is 6.66. The van der Waals surface area contributed by atoms with E-state index in [1.807, 2.05) is 0 Å². The number of anilines is 1. The van der Waals surface area contributed by atoms with E-state index in [2.05, 4.69) is 72.1 Å². The lowest BCUT2D eigenvalue weighted by Gasteiger charge is -2.34. The van der Waals surface area contributed by atoms with Gasteiger partial charge in [0.25, 0.3) is 0 Å². The van der Waals surface area contributed by atoms with Gasteiger partial charge in [0.05, 0.1) is 5.69 Å². The van der Waals surface area contributed by atoms with E-state index < -0.39 is 0 Å². The number of nitrogens with one attached hydrogen (secondary N) is 1. The lowest BCUT2D eigenvalue weighted by molar-refractivity contribution is 0.203. The molecular weight excluding hydrogens is 345 g/mol. The van der Waals surface area contributed by atoms with Crippen molar-refractivity contribution in [1.82, 2.24) is 0 Å². The molecule has 2 aliphatic carbocycles. The number of fused-ring (bicyclic) bond motifs is 1. The molecule has 1 aromatic carbocycles. The van der Waals surface area contributed by atoms with Crippen molar-refractivity contribution in [2.24, 2.45) is 23.7 Å². The van der Waals surface area contributed by atoms with Gasteiger partial charge in [-0.05, 0) is 65.3 Å². The molecule has 1 unspecified atom stereocenters. The number of halogens is 1. The first-order chi connectivity index (χ1) is 9.15. The van der Waals surface area contributed by atoms with Gasteiger partial charge in [0.1, 0.15) is 0 Å². The van der Waals surface area contributed by atoms with Crippen LogP contribution in [0.5, 0.6) is 0 Å². The highest BCUT2D eigenvalue weighted by Crippen LogP contribution is 2.47. The standard InChI is InChI=1S/C17H22IN/c1-11-7-8-13-12(2)10-17(14(13)9-11)19-16-6-4-3-5-15(16)18/h3-6,10-14,19H,7-9H2,1-2H3/t11-,12?,13+,14-/m1/s1. The zero-order valence-corrected chi connectivity index (χ0v) is 13.9. The Morgan fingerprint density at radius 1 is 1.16 bits per heavy atom. The number of hydrogen-bond donors (Lipinski definition) is 1. The molecule has 2 heteroatoms. The van der Waals surface area contributed by atoms with Crippen molar-refractivity contribution in [2.45, 2.75) is 33.1 Å². The van der Waals surface area contributed by atoms with Gasteiger partial charge in [-0.15, -0.1) is 0 Å². The number of allylic oxidation sites excluding steroid dienone is 2. The molecule has 0 radical (unpaired) electrons. The third-order valence-electron chi connectivity index (χ3n) is 4.84. The molecule has 4 atom stereocenters. The topological polar surface area (TPSA) is 12.0 Å². The third-order valence-corrected chi connectivity index (χ3v) is 5.78. The zero-order chi connectivity index (χ0) is 13.4. The molecule has 1 nitrogen and oxygen atoms in total. The van der Waals surface area contributed by atoms with Crippen molar-refractivity contribution in [3.05, 3.63) is 39.6 Å². The summed E-state index contributed by atoms with van der Waals surface area (Å²) in [5.41, 5.74) is 2.74. The first-order valence-corrected chi connectivity index (χ1v) is 8.46. The maximum Gasteiger partial charge on any atom is 0.0517 e. The molecule has 19 heavy (non-hydrogen) atoms. The molecule has 1 aromatic rings. The van der Waals surface area contributed by atoms with Crippen LogP contribution in [0.2, 0.25) is 0 Å². The summed E-state index contributed by atoms with van der Waals surface area (Å²) < 4.78 is 1.31. The number of rotatable bonds is 2. The van der Waals surface area contributed by atoms with Crippen molar-refractivity contribution in [3.8, 4) is 0 Å². The predicted molar refractivity (Wildman–Crippen MR) is 90.0 cm³/mol. The fourth-order valence-corrected chi connectivity index (χ4v) is 4.30. The van der Waals surface area contributed by atoms with Crippen LogP contribution in [0.25, 0.3) is 0 Å². The van der Waals surface area contributed by atoms with E-state index >= 15 is 0 Å². The minimum Gasteiger partial charge on any atom is -0.358 e. The molecule has 1 fully saturated rings. The summed E-state index contributed by atoms with van der Waals surface area (Å²) in [5.74, 6) is 3.25. The normalized spacial score (nSPS) is 33.7. The highest BCUT2D eigenvalue weighted by atomic mass is 127. The average Bonchev–Trinajstić information content (AvgIpc) is 2.69. The van der Waals surface area contributed by atoms with Crippen molar-refractivity contribution < 1.29 is 0 Å². The van der Waals surface area contributed by atoms with Crippen LogP contribution in [0.15, 0.2) is 36.0 Å². The molecule has 0 amide bonds. The second-order valence-corrected chi connectivity index (χ2v) is 7.44. The van der Waals surface area contributed by atoms with Crippen LogP contribution in [0.3, 0.4) is 0 Å². The molecule has 0 spiro atoms. The highest BCUT2D eigenvalue weighted by Gasteiger charge is 2.38. The van der Waals surface area contributed by atoms with Gasteiger partial charge < -0.3 is 5.32 Å². The van der Waals surface area contributed by atoms with Crippen LogP contribution in [-0.4, -0.2) is 0 Å². The van der Waals surface area contributed by atoms with Crippen molar-refractivity contribution in [2.75, 3.05) is 5.32 Å². The average molecular weight is 367 g/mol. The maximum absolute atomic E-state index is 3.71. The maximum atomic E-state index is 3.71. The molecule has 1 saturated carbocycles. The van der Waals surface area contributed by atoms with Crippen LogP contribution in [0.4, 0.5) is 5.69 Å². The Morgan fingerprint density at radius 3 is 2.74 bits per heavy atom. The molecule has 0 aromatic heterocycles. The highest BCUT2D eigenvalue weighted by molar-refractivity contribution is 14.1. The van der Waals surface area contributed by atoms with E-state index in [9.17, 15) is 0 Å². The van der Waals surface area contributed by atoms with E-state index in [0.29, 0.717) is 0 Å². The minimum atomic E-state index is 0.737. The monoisotopic (exact) mass is 367 g/mol. The van der Waals surface area contributed by atoms with E-state index in [1.54, 1.807) is 0 Å². The van der Waals surface area contributed by atoms with Crippen molar-refractivity contribution >= 4 is 28.3 Å². The number of benzene rings is 1. The van der Waals surface area contributed by atoms with Crippen LogP contribution in [0, 0.1) is 27.2 Å². The van der Waals surface area contributed by atoms with Gasteiger partial charge in [-0.3, -0.25) is 0 Å². The summed E-state index contributed by atoms with van der Waals surface area (Å²) in [4.78, 5) is 0. The summed E-state index contributed by atoms with van der Waals surface area (Å²) >= 11 is 2.41. The van der Waals surface area contributed by atoms with Gasteiger partial charge in [0, 0.05) is 15.2 Å². The molecular formula is C17H22IN. The number of hydrogen-bond acceptors (Lipinski definition) is 1. The Kier molecular flexibility index (Phi) is 3.88. The van der Waals surface area contributed by atoms with Gasteiger partial charge in [-0.1, -0.05) is 38.5 Å². The molecule has 0 aliphatic heterocycles. The summed E-state index contributed by atoms with van der Waals surface area (Å²) in [6, 6.07) is 8.57. The Morgan fingerprint density at radius 2 is 1.95 bits per heavy atom. The Labute approximate surface area is 130 Å². The SMILES string of the molecule is CC1C=C(Nc2ccccc2I)[C@@H]2C[C@H](C)CC[C@@H]12. The minimum absolute atomic E-state index is 0.737. The molecule has 2 aliphatic rings. The van der Waals surface area contributed by atoms with E-state index in [-0.39, 0.29) is 0 Å². The van der Waals surface area contributed by atoms with Crippen LogP contribution in [-0.2, 0) is 0 Å². The first-order valence-electron chi connectivity index (χ1n) is 7.38. The zero-order valence-electron chi connectivity index (χ0n) is 11.7. The summed E-state index contributed by atoms with van der Waals surface area (Å²) in [6.45, 7) is 4.79. The fraction of sp³-hybridized carbons (Fsp3) is 0.529. The second kappa shape index (κ2) is 5.47. The molecule has 102 valence electrons. The van der Waals surface area contributed by atoms with Gasteiger partial charge in [-0.2, -0.15) is 0 Å². The first kappa shape index (κ1) is 13.5. The summed E-state index contributed by atoms with van der Waals surface area (Å²) in [5, 5.41) is 3.71. The van der Waals surface area contributed by atoms with Crippen LogP contribution in [0.1, 0.15) is 33.1 Å². The van der Waals surface area contributed by atoms with Gasteiger partial charge in [-0.25, -0.2) is 0 Å². The third kappa shape index (κ3) is 2.69. The van der Waals surface area contributed by atoms with Crippen molar-refractivity contribution in [1.29, 1.82) is 0 Å². The quantitative estimate of drug-likeness (QED) is 0.701. The van der Waals surface area contributed by atoms with E-state index in [1.165, 1.54) is 34.2 Å². The molecule has 0 saturated heterocycles. The fourth-order valence-electron chi connectivity index (χ4n) is 3.77. The number of para-hydroxylation sites is 1. The molecule has 0 heterocycles. The van der Waals surface area contributed by atoms with Crippen LogP contribution >= 0.6 is 22.6 Å². The van der Waals surface area contributed by atoms with E-state index in [4.69, 9.17) is 0 Å². The van der Waals surface area contributed by atoms with E-state index in [0.717, 1.165) is 23.7 Å². The van der Waals surface area contributed by atoms with Gasteiger partial charge in [0.15, 0.2) is 0 Å². The molecule has 0 bridgehead atoms. The smallest absolute Gasteiger partial charge is 0.0517 e. The largest absolute Gasteiger partial charge is 0.358 e. The Balaban J connectivity index is 1.81. The van der Waals surface area contributed by atoms with Gasteiger partial charge in [0.2, 0.25) is 0 Å². The van der Waals surface area contributed by atoms with Gasteiger partial charge >= 0.3 is 0 Å². The molecule has 1 N–H and O–H groups in total. The Hall–Kier alpha value is -0.510. The lowest BCUT2D eigenvalue weighted by atomic mass is 9.73. The second-order valence-electron chi connectivity index (χ2n) is 6.27. The Bertz CT molecular complexity index is 494. The van der Waals surface area contributed by atoms with Crippen molar-refractivity contribution in [3.63, 3.8) is 0 Å². The summed E-state index contributed by atoms with van der Waals surface area (Å²) in [7, 11) is 0. The lowest BCUT2D eigenvalue weighted by Crippen LogP contribution is -2.26. The van der Waals surface area contributed by atoms with Crippen LogP contribution < -0.4 is 5.32 Å². The predicted octanol–water partition coefficient (Wildman–Crippen LogP) is 5.29.